The van der Waals surface area contributed by atoms with E-state index in [1.165, 1.54) is 13.2 Å². The molecule has 0 fully saturated rings. The van der Waals surface area contributed by atoms with Crippen molar-refractivity contribution in [2.45, 2.75) is 6.92 Å². The van der Waals surface area contributed by atoms with Crippen molar-refractivity contribution < 1.29 is 14.3 Å². The molecule has 17 heavy (non-hydrogen) atoms. The summed E-state index contributed by atoms with van der Waals surface area (Å²) in [4.78, 5) is 10.9. The molecule has 0 atom stereocenters. The monoisotopic (exact) mass is 231 g/mol. The summed E-state index contributed by atoms with van der Waals surface area (Å²) in [6.45, 7) is 1.92. The maximum atomic E-state index is 10.9. The van der Waals surface area contributed by atoms with Gasteiger partial charge in [0.15, 0.2) is 6.61 Å². The van der Waals surface area contributed by atoms with Crippen LogP contribution in [0.25, 0.3) is 6.08 Å². The first kappa shape index (κ1) is 12.8. The molecule has 0 aromatic heterocycles. The van der Waals surface area contributed by atoms with Gasteiger partial charge in [0.2, 0.25) is 0 Å². The van der Waals surface area contributed by atoms with Crippen LogP contribution in [0.15, 0.2) is 24.3 Å². The van der Waals surface area contributed by atoms with Crippen LogP contribution in [0.2, 0.25) is 0 Å². The number of aryl methyl sites for hydroxylation is 1. The van der Waals surface area contributed by atoms with Gasteiger partial charge in [-0.1, -0.05) is 6.07 Å². The van der Waals surface area contributed by atoms with Gasteiger partial charge in [-0.15, -0.1) is 0 Å². The van der Waals surface area contributed by atoms with Crippen LogP contribution in [0.3, 0.4) is 0 Å². The number of esters is 1. The molecular weight excluding hydrogens is 218 g/mol. The third-order valence-electron chi connectivity index (χ3n) is 2.14. The fourth-order valence-electron chi connectivity index (χ4n) is 1.27. The van der Waals surface area contributed by atoms with E-state index in [1.54, 1.807) is 12.1 Å². The van der Waals surface area contributed by atoms with Crippen molar-refractivity contribution in [3.63, 3.8) is 0 Å². The van der Waals surface area contributed by atoms with Gasteiger partial charge in [0, 0.05) is 6.08 Å². The lowest BCUT2D eigenvalue weighted by molar-refractivity contribution is -0.134. The molecule has 0 saturated carbocycles. The quantitative estimate of drug-likeness (QED) is 0.588. The molecule has 88 valence electrons. The molecule has 0 spiro atoms. The van der Waals surface area contributed by atoms with E-state index in [4.69, 9.17) is 10.00 Å². The molecule has 0 N–H and O–H groups in total. The number of rotatable bonds is 4. The van der Waals surface area contributed by atoms with Crippen molar-refractivity contribution in [1.29, 1.82) is 5.26 Å². The predicted octanol–water partition coefficient (Wildman–Crippen LogP) is 2.08. The van der Waals surface area contributed by atoms with E-state index < -0.39 is 5.97 Å². The summed E-state index contributed by atoms with van der Waals surface area (Å²) in [7, 11) is 1.33. The maximum absolute atomic E-state index is 10.9. The van der Waals surface area contributed by atoms with Gasteiger partial charge in [-0.05, 0) is 36.3 Å². The Kier molecular flexibility index (Phi) is 4.77. The van der Waals surface area contributed by atoms with Gasteiger partial charge in [-0.25, -0.2) is 4.79 Å². The highest BCUT2D eigenvalue weighted by Crippen LogP contribution is 2.18. The number of benzene rings is 1. The highest BCUT2D eigenvalue weighted by atomic mass is 16.5. The van der Waals surface area contributed by atoms with Gasteiger partial charge in [-0.2, -0.15) is 5.26 Å². The lowest BCUT2D eigenvalue weighted by atomic mass is 10.1. The fraction of sp³-hybridized carbons (Fsp3) is 0.231. The van der Waals surface area contributed by atoms with Crippen LogP contribution >= 0.6 is 0 Å². The van der Waals surface area contributed by atoms with E-state index in [0.717, 1.165) is 11.1 Å². The summed E-state index contributed by atoms with van der Waals surface area (Å²) in [6.07, 6.45) is 3.04. The Morgan fingerprint density at radius 3 is 2.88 bits per heavy atom. The Morgan fingerprint density at radius 1 is 1.53 bits per heavy atom. The van der Waals surface area contributed by atoms with Gasteiger partial charge in [0.1, 0.15) is 11.8 Å². The molecular formula is C13H13NO3. The number of ether oxygens (including phenoxy) is 2. The Labute approximate surface area is 100 Å². The van der Waals surface area contributed by atoms with Crippen LogP contribution in [-0.4, -0.2) is 19.7 Å². The SMILES string of the molecule is COC(=O)/C=C/c1ccc(OCC#N)cc1C. The lowest BCUT2D eigenvalue weighted by Gasteiger charge is -2.05. The zero-order valence-corrected chi connectivity index (χ0v) is 9.77. The van der Waals surface area contributed by atoms with E-state index in [9.17, 15) is 4.79 Å². The second-order valence-electron chi connectivity index (χ2n) is 3.32. The molecule has 1 aromatic rings. The topological polar surface area (TPSA) is 59.3 Å². The van der Waals surface area contributed by atoms with Gasteiger partial charge < -0.3 is 9.47 Å². The molecule has 0 aliphatic rings. The molecule has 0 aliphatic carbocycles. The van der Waals surface area contributed by atoms with E-state index in [1.807, 2.05) is 25.1 Å². The summed E-state index contributed by atoms with van der Waals surface area (Å²) in [6, 6.07) is 7.29. The van der Waals surface area contributed by atoms with Crippen molar-refractivity contribution >= 4 is 12.0 Å². The van der Waals surface area contributed by atoms with Gasteiger partial charge in [-0.3, -0.25) is 0 Å². The average molecular weight is 231 g/mol. The van der Waals surface area contributed by atoms with Crippen LogP contribution < -0.4 is 4.74 Å². The summed E-state index contributed by atoms with van der Waals surface area (Å²) < 4.78 is 9.66. The van der Waals surface area contributed by atoms with Crippen molar-refractivity contribution in [3.8, 4) is 11.8 Å². The molecule has 0 aliphatic heterocycles. The molecule has 0 radical (unpaired) electrons. The van der Waals surface area contributed by atoms with E-state index in [-0.39, 0.29) is 6.61 Å². The molecule has 0 unspecified atom stereocenters. The van der Waals surface area contributed by atoms with E-state index >= 15 is 0 Å². The van der Waals surface area contributed by atoms with Gasteiger partial charge in [0.25, 0.3) is 0 Å². The standard InChI is InChI=1S/C13H13NO3/c1-10-9-12(17-8-7-14)5-3-11(10)4-6-13(15)16-2/h3-6,9H,8H2,1-2H3/b6-4+. The molecule has 1 aromatic carbocycles. The molecule has 0 bridgehead atoms. The van der Waals surface area contributed by atoms with Crippen LogP contribution in [0.1, 0.15) is 11.1 Å². The number of nitrogens with zero attached hydrogens (tertiary/aromatic N) is 1. The maximum Gasteiger partial charge on any atom is 0.330 e. The van der Waals surface area contributed by atoms with Crippen LogP contribution in [0.4, 0.5) is 0 Å². The summed E-state index contributed by atoms with van der Waals surface area (Å²) in [5, 5.41) is 8.39. The number of hydrogen-bond donors (Lipinski definition) is 0. The zero-order chi connectivity index (χ0) is 12.7. The first-order chi connectivity index (χ1) is 8.17. The summed E-state index contributed by atoms with van der Waals surface area (Å²) >= 11 is 0. The van der Waals surface area contributed by atoms with E-state index in [2.05, 4.69) is 4.74 Å². The van der Waals surface area contributed by atoms with Gasteiger partial charge >= 0.3 is 5.97 Å². The first-order valence-corrected chi connectivity index (χ1v) is 5.04. The number of methoxy groups -OCH3 is 1. The average Bonchev–Trinajstić information content (AvgIpc) is 2.34. The Balaban J connectivity index is 2.80. The van der Waals surface area contributed by atoms with Gasteiger partial charge in [0.05, 0.1) is 7.11 Å². The second kappa shape index (κ2) is 6.33. The van der Waals surface area contributed by atoms with Crippen molar-refractivity contribution in [2.75, 3.05) is 13.7 Å². The third kappa shape index (κ3) is 3.99. The van der Waals surface area contributed by atoms with Crippen LogP contribution in [0, 0.1) is 18.3 Å². The lowest BCUT2D eigenvalue weighted by Crippen LogP contribution is -1.95. The number of carbonyl (C=O) groups is 1. The first-order valence-electron chi connectivity index (χ1n) is 5.04. The minimum absolute atomic E-state index is 0.0246. The largest absolute Gasteiger partial charge is 0.479 e. The highest BCUT2D eigenvalue weighted by molar-refractivity contribution is 5.87. The Morgan fingerprint density at radius 2 is 2.29 bits per heavy atom. The Hall–Kier alpha value is -2.28. The second-order valence-corrected chi connectivity index (χ2v) is 3.32. The Bertz CT molecular complexity index is 472. The minimum Gasteiger partial charge on any atom is -0.479 e. The number of carbonyl (C=O) groups excluding carboxylic acids is 1. The van der Waals surface area contributed by atoms with Crippen molar-refractivity contribution in [1.82, 2.24) is 0 Å². The number of nitriles is 1. The van der Waals surface area contributed by atoms with E-state index in [0.29, 0.717) is 5.75 Å². The molecule has 4 nitrogen and oxygen atoms in total. The predicted molar refractivity (Wildman–Crippen MR) is 63.3 cm³/mol. The molecule has 1 rings (SSSR count). The minimum atomic E-state index is -0.394. The smallest absolute Gasteiger partial charge is 0.330 e. The van der Waals surface area contributed by atoms with Crippen LogP contribution in [-0.2, 0) is 9.53 Å². The molecule has 0 amide bonds. The molecule has 4 heteroatoms. The van der Waals surface area contributed by atoms with Crippen LogP contribution in [0.5, 0.6) is 5.75 Å². The summed E-state index contributed by atoms with van der Waals surface area (Å²) in [5.41, 5.74) is 1.86. The van der Waals surface area contributed by atoms with Crippen molar-refractivity contribution in [2.24, 2.45) is 0 Å². The summed E-state index contributed by atoms with van der Waals surface area (Å²) in [5.74, 6) is 0.244. The normalized spacial score (nSPS) is 9.94. The fourth-order valence-corrected chi connectivity index (χ4v) is 1.27. The molecule has 0 saturated heterocycles. The number of hydrogen-bond acceptors (Lipinski definition) is 4. The zero-order valence-electron chi connectivity index (χ0n) is 9.77. The van der Waals surface area contributed by atoms with Crippen molar-refractivity contribution in [3.05, 3.63) is 35.4 Å². The molecule has 0 heterocycles. The third-order valence-corrected chi connectivity index (χ3v) is 2.14. The highest BCUT2D eigenvalue weighted by Gasteiger charge is 1.99.